The van der Waals surface area contributed by atoms with Crippen LogP contribution in [-0.2, 0) is 4.79 Å². The Morgan fingerprint density at radius 1 is 1.69 bits per heavy atom. The monoisotopic (exact) mass is 298 g/mol. The summed E-state index contributed by atoms with van der Waals surface area (Å²) in [6.07, 6.45) is 0.954. The van der Waals surface area contributed by atoms with Gasteiger partial charge < -0.3 is 5.32 Å². The third-order valence-electron chi connectivity index (χ3n) is 1.19. The predicted octanol–water partition coefficient (Wildman–Crippen LogP) is 1.73. The molecule has 1 amide bonds. The topological polar surface area (TPSA) is 42.0 Å². The van der Waals surface area contributed by atoms with Gasteiger partial charge in [0.15, 0.2) is 6.67 Å². The molecule has 6 heteroatoms. The Kier molecular flexibility index (Phi) is 3.52. The zero-order chi connectivity index (χ0) is 9.84. The fourth-order valence-corrected chi connectivity index (χ4v) is 1.24. The fourth-order valence-electron chi connectivity index (χ4n) is 0.672. The lowest BCUT2D eigenvalue weighted by atomic mass is 10.4. The molecule has 1 aromatic heterocycles. The minimum absolute atomic E-state index is 0.171. The molecule has 0 bridgehead atoms. The highest BCUT2D eigenvalue weighted by molar-refractivity contribution is 14.1. The zero-order valence-electron chi connectivity index (χ0n) is 6.35. The van der Waals surface area contributed by atoms with Gasteiger partial charge >= 0.3 is 0 Å². The maximum absolute atomic E-state index is 12.5. The summed E-state index contributed by atoms with van der Waals surface area (Å²) in [7, 11) is 0. The number of carbonyl (C=O) groups is 1. The van der Waals surface area contributed by atoms with Gasteiger partial charge in [-0.05, 0) is 28.7 Å². The van der Waals surface area contributed by atoms with E-state index in [1.807, 2.05) is 0 Å². The highest BCUT2D eigenvalue weighted by Gasteiger charge is 2.06. The molecule has 0 spiro atoms. The van der Waals surface area contributed by atoms with Crippen LogP contribution in [0.2, 0.25) is 0 Å². The lowest BCUT2D eigenvalue weighted by molar-refractivity contribution is -0.117. The van der Waals surface area contributed by atoms with Crippen LogP contribution in [0, 0.1) is 9.39 Å². The molecule has 0 atom stereocenters. The van der Waals surface area contributed by atoms with Gasteiger partial charge in [0, 0.05) is 0 Å². The first-order chi connectivity index (χ1) is 6.13. The molecule has 1 heterocycles. The van der Waals surface area contributed by atoms with Gasteiger partial charge in [-0.3, -0.25) is 4.79 Å². The van der Waals surface area contributed by atoms with Crippen molar-refractivity contribution in [2.24, 2.45) is 0 Å². The van der Waals surface area contributed by atoms with Crippen molar-refractivity contribution in [3.63, 3.8) is 0 Å². The van der Waals surface area contributed by atoms with E-state index in [0.717, 1.165) is 6.20 Å². The summed E-state index contributed by atoms with van der Waals surface area (Å²) in [4.78, 5) is 14.2. The van der Waals surface area contributed by atoms with E-state index >= 15 is 0 Å². The molecule has 0 radical (unpaired) electrons. The molecule has 0 aliphatic rings. The van der Waals surface area contributed by atoms with Crippen LogP contribution in [0.25, 0.3) is 0 Å². The van der Waals surface area contributed by atoms with Crippen LogP contribution in [0.4, 0.5) is 14.6 Å². The maximum atomic E-state index is 12.5. The molecule has 1 rings (SSSR count). The Hall–Kier alpha value is -0.790. The SMILES string of the molecule is O=C(CF)Nc1ncc(F)cc1I. The second kappa shape index (κ2) is 4.45. The van der Waals surface area contributed by atoms with Gasteiger partial charge in [-0.25, -0.2) is 13.8 Å². The third kappa shape index (κ3) is 2.87. The van der Waals surface area contributed by atoms with Crippen LogP contribution in [0.15, 0.2) is 12.3 Å². The zero-order valence-corrected chi connectivity index (χ0v) is 8.51. The summed E-state index contributed by atoms with van der Waals surface area (Å²) >= 11 is 1.80. The van der Waals surface area contributed by atoms with Crippen molar-refractivity contribution in [3.8, 4) is 0 Å². The van der Waals surface area contributed by atoms with Gasteiger partial charge in [-0.15, -0.1) is 0 Å². The van der Waals surface area contributed by atoms with Crippen LogP contribution in [0.5, 0.6) is 0 Å². The van der Waals surface area contributed by atoms with E-state index in [-0.39, 0.29) is 5.82 Å². The van der Waals surface area contributed by atoms with E-state index in [0.29, 0.717) is 3.57 Å². The number of carbonyl (C=O) groups excluding carboxylic acids is 1. The molecule has 0 saturated carbocycles. The largest absolute Gasteiger partial charge is 0.308 e. The number of nitrogens with zero attached hydrogens (tertiary/aromatic N) is 1. The average Bonchev–Trinajstić information content (AvgIpc) is 2.09. The molecular formula is C7H5F2IN2O. The first-order valence-electron chi connectivity index (χ1n) is 3.30. The number of aromatic nitrogens is 1. The number of halogens is 3. The average molecular weight is 298 g/mol. The lowest BCUT2D eigenvalue weighted by Crippen LogP contribution is -2.15. The summed E-state index contributed by atoms with van der Waals surface area (Å²) in [5.74, 6) is -1.12. The Morgan fingerprint density at radius 2 is 2.38 bits per heavy atom. The molecule has 1 aromatic rings. The van der Waals surface area contributed by atoms with Crippen LogP contribution in [-0.4, -0.2) is 17.6 Å². The molecular weight excluding hydrogens is 293 g/mol. The quantitative estimate of drug-likeness (QED) is 0.845. The van der Waals surface area contributed by atoms with Crippen molar-refractivity contribution in [1.82, 2.24) is 4.98 Å². The van der Waals surface area contributed by atoms with Crippen LogP contribution < -0.4 is 5.32 Å². The van der Waals surface area contributed by atoms with Crippen molar-refractivity contribution < 1.29 is 13.6 Å². The lowest BCUT2D eigenvalue weighted by Gasteiger charge is -2.03. The van der Waals surface area contributed by atoms with E-state index in [1.54, 1.807) is 22.6 Å². The normalized spacial score (nSPS) is 9.77. The van der Waals surface area contributed by atoms with E-state index in [4.69, 9.17) is 0 Å². The Balaban J connectivity index is 2.83. The third-order valence-corrected chi connectivity index (χ3v) is 2.01. The molecule has 0 aromatic carbocycles. The van der Waals surface area contributed by atoms with Crippen LogP contribution in [0.3, 0.4) is 0 Å². The summed E-state index contributed by atoms with van der Waals surface area (Å²) in [5.41, 5.74) is 0. The Morgan fingerprint density at radius 3 is 2.92 bits per heavy atom. The summed E-state index contributed by atoms with van der Waals surface area (Å²) in [6.45, 7) is -1.12. The van der Waals surface area contributed by atoms with Gasteiger partial charge in [-0.2, -0.15) is 0 Å². The summed E-state index contributed by atoms with van der Waals surface area (Å²) in [6, 6.07) is 1.20. The number of hydrogen-bond donors (Lipinski definition) is 1. The van der Waals surface area contributed by atoms with Gasteiger partial charge in [0.1, 0.15) is 11.6 Å². The number of amides is 1. The molecule has 0 aliphatic heterocycles. The predicted molar refractivity (Wildman–Crippen MR) is 51.5 cm³/mol. The van der Waals surface area contributed by atoms with Crippen molar-refractivity contribution in [2.45, 2.75) is 0 Å². The number of pyridine rings is 1. The smallest absolute Gasteiger partial charge is 0.256 e. The fraction of sp³-hybridized carbons (Fsp3) is 0.143. The van der Waals surface area contributed by atoms with Crippen molar-refractivity contribution >= 4 is 34.3 Å². The van der Waals surface area contributed by atoms with Crippen LogP contribution >= 0.6 is 22.6 Å². The molecule has 0 unspecified atom stereocenters. The molecule has 0 aliphatic carbocycles. The number of anilines is 1. The van der Waals surface area contributed by atoms with Gasteiger partial charge in [-0.1, -0.05) is 0 Å². The van der Waals surface area contributed by atoms with E-state index < -0.39 is 18.4 Å². The summed E-state index contributed by atoms with van der Waals surface area (Å²) < 4.78 is 24.7. The standard InChI is InChI=1S/C7H5F2IN2O/c8-2-6(13)12-7-5(10)1-4(9)3-11-7/h1,3H,2H2,(H,11,12,13). The van der Waals surface area contributed by atoms with Gasteiger partial charge in [0.05, 0.1) is 9.77 Å². The molecule has 70 valence electrons. The van der Waals surface area contributed by atoms with Gasteiger partial charge in [0.25, 0.3) is 5.91 Å². The van der Waals surface area contributed by atoms with E-state index in [2.05, 4.69) is 10.3 Å². The number of hydrogen-bond acceptors (Lipinski definition) is 2. The van der Waals surface area contributed by atoms with Gasteiger partial charge in [0.2, 0.25) is 0 Å². The maximum Gasteiger partial charge on any atom is 0.256 e. The Bertz CT molecular complexity index is 332. The molecule has 1 N–H and O–H groups in total. The Labute approximate surface area is 86.7 Å². The highest BCUT2D eigenvalue weighted by Crippen LogP contribution is 2.15. The van der Waals surface area contributed by atoms with Crippen LogP contribution in [0.1, 0.15) is 0 Å². The van der Waals surface area contributed by atoms with E-state index in [9.17, 15) is 13.6 Å². The second-order valence-corrected chi connectivity index (χ2v) is 3.33. The molecule has 0 fully saturated rings. The first kappa shape index (κ1) is 10.3. The highest BCUT2D eigenvalue weighted by atomic mass is 127. The van der Waals surface area contributed by atoms with Crippen molar-refractivity contribution in [3.05, 3.63) is 21.7 Å². The van der Waals surface area contributed by atoms with Crippen molar-refractivity contribution in [1.29, 1.82) is 0 Å². The molecule has 3 nitrogen and oxygen atoms in total. The minimum Gasteiger partial charge on any atom is -0.308 e. The summed E-state index contributed by atoms with van der Waals surface area (Å²) in [5, 5.41) is 2.19. The minimum atomic E-state index is -1.12. The number of alkyl halides is 1. The molecule has 13 heavy (non-hydrogen) atoms. The van der Waals surface area contributed by atoms with Crippen molar-refractivity contribution in [2.75, 3.05) is 12.0 Å². The molecule has 0 saturated heterocycles. The first-order valence-corrected chi connectivity index (χ1v) is 4.38. The second-order valence-electron chi connectivity index (χ2n) is 2.17. The number of nitrogens with one attached hydrogen (secondary N) is 1. The number of rotatable bonds is 2. The van der Waals surface area contributed by atoms with E-state index in [1.165, 1.54) is 6.07 Å².